The molecule has 4 aromatic rings. The zero-order chi connectivity index (χ0) is 19.5. The third kappa shape index (κ3) is 3.22. The topological polar surface area (TPSA) is 64.3 Å². The molecule has 0 aliphatic heterocycles. The highest BCUT2D eigenvalue weighted by Crippen LogP contribution is 2.28. The normalized spacial score (nSPS) is 10.9. The van der Waals surface area contributed by atoms with Crippen LogP contribution in [0.2, 0.25) is 0 Å². The molecule has 1 N–H and O–H groups in total. The predicted molar refractivity (Wildman–Crippen MR) is 110 cm³/mol. The Morgan fingerprint density at radius 1 is 0.964 bits per heavy atom. The van der Waals surface area contributed by atoms with Gasteiger partial charge in [0.05, 0.1) is 23.6 Å². The molecular weight excluding hydrogens is 352 g/mol. The third-order valence-corrected chi connectivity index (χ3v) is 4.80. The lowest BCUT2D eigenvalue weighted by Gasteiger charge is -2.15. The highest BCUT2D eigenvalue weighted by Gasteiger charge is 2.15. The Balaban J connectivity index is 1.86. The van der Waals surface area contributed by atoms with Crippen LogP contribution in [0.4, 0.5) is 0 Å². The first-order chi connectivity index (χ1) is 13.7. The summed E-state index contributed by atoms with van der Waals surface area (Å²) in [6.45, 7) is 0.417. The standard InChI is InChI=1S/C23H20N2O3/c1-28-21-13-7-2-8-16(21)14-15-25-22(18-10-4-6-12-20(18)26)24-19-11-5-3-9-17(19)23(25)27/h2-13,26H,14-15H2,1H3. The fraction of sp³-hybridized carbons (Fsp3) is 0.130. The molecule has 0 unspecified atom stereocenters. The van der Waals surface area contributed by atoms with Crippen molar-refractivity contribution in [2.24, 2.45) is 0 Å². The molecule has 0 amide bonds. The summed E-state index contributed by atoms with van der Waals surface area (Å²) < 4.78 is 7.05. The van der Waals surface area contributed by atoms with Crippen LogP contribution < -0.4 is 10.3 Å². The fourth-order valence-corrected chi connectivity index (χ4v) is 3.39. The molecule has 140 valence electrons. The highest BCUT2D eigenvalue weighted by molar-refractivity contribution is 5.80. The summed E-state index contributed by atoms with van der Waals surface area (Å²) in [7, 11) is 1.63. The number of ether oxygens (including phenoxy) is 1. The smallest absolute Gasteiger partial charge is 0.261 e. The van der Waals surface area contributed by atoms with E-state index in [9.17, 15) is 9.90 Å². The minimum Gasteiger partial charge on any atom is -0.507 e. The highest BCUT2D eigenvalue weighted by atomic mass is 16.5. The summed E-state index contributed by atoms with van der Waals surface area (Å²) in [4.78, 5) is 17.9. The third-order valence-electron chi connectivity index (χ3n) is 4.80. The Morgan fingerprint density at radius 2 is 1.68 bits per heavy atom. The molecule has 3 aromatic carbocycles. The molecule has 0 aliphatic carbocycles. The van der Waals surface area contributed by atoms with Crippen molar-refractivity contribution in [3.05, 3.63) is 88.7 Å². The average molecular weight is 372 g/mol. The van der Waals surface area contributed by atoms with Crippen LogP contribution in [0.5, 0.6) is 11.5 Å². The Hall–Kier alpha value is -3.60. The molecule has 28 heavy (non-hydrogen) atoms. The van der Waals surface area contributed by atoms with Gasteiger partial charge in [0.1, 0.15) is 17.3 Å². The fourth-order valence-electron chi connectivity index (χ4n) is 3.39. The quantitative estimate of drug-likeness (QED) is 0.575. The monoisotopic (exact) mass is 372 g/mol. The van der Waals surface area contributed by atoms with Crippen molar-refractivity contribution >= 4 is 10.9 Å². The predicted octanol–water partition coefficient (Wildman–Crippen LogP) is 4.02. The van der Waals surface area contributed by atoms with Gasteiger partial charge in [-0.1, -0.05) is 42.5 Å². The first-order valence-electron chi connectivity index (χ1n) is 9.09. The van der Waals surface area contributed by atoms with Crippen LogP contribution >= 0.6 is 0 Å². The van der Waals surface area contributed by atoms with E-state index in [1.165, 1.54) is 0 Å². The SMILES string of the molecule is COc1ccccc1CCn1c(-c2ccccc2O)nc2ccccc2c1=O. The number of hydrogen-bond donors (Lipinski definition) is 1. The number of hydrogen-bond acceptors (Lipinski definition) is 4. The Labute approximate surface area is 162 Å². The van der Waals surface area contributed by atoms with Crippen molar-refractivity contribution in [1.29, 1.82) is 0 Å². The van der Waals surface area contributed by atoms with Gasteiger partial charge in [0.2, 0.25) is 0 Å². The van der Waals surface area contributed by atoms with E-state index in [1.54, 1.807) is 35.9 Å². The van der Waals surface area contributed by atoms with E-state index in [-0.39, 0.29) is 11.3 Å². The summed E-state index contributed by atoms with van der Waals surface area (Å²) in [6, 6.07) is 22.0. The maximum atomic E-state index is 13.2. The molecule has 0 radical (unpaired) electrons. The number of benzene rings is 3. The van der Waals surface area contributed by atoms with Crippen LogP contribution in [-0.2, 0) is 13.0 Å². The number of nitrogens with zero attached hydrogens (tertiary/aromatic N) is 2. The molecular formula is C23H20N2O3. The van der Waals surface area contributed by atoms with Crippen LogP contribution in [0, 0.1) is 0 Å². The Kier molecular flexibility index (Phi) is 4.81. The van der Waals surface area contributed by atoms with E-state index >= 15 is 0 Å². The van der Waals surface area contributed by atoms with E-state index in [2.05, 4.69) is 0 Å². The molecule has 0 spiro atoms. The van der Waals surface area contributed by atoms with Crippen molar-refractivity contribution in [1.82, 2.24) is 9.55 Å². The van der Waals surface area contributed by atoms with Crippen molar-refractivity contribution in [3.8, 4) is 22.9 Å². The number of phenols is 1. The zero-order valence-electron chi connectivity index (χ0n) is 15.5. The summed E-state index contributed by atoms with van der Waals surface area (Å²) in [5.41, 5.74) is 2.02. The molecule has 0 atom stereocenters. The summed E-state index contributed by atoms with van der Waals surface area (Å²) in [6.07, 6.45) is 0.602. The van der Waals surface area contributed by atoms with Gasteiger partial charge in [-0.15, -0.1) is 0 Å². The molecule has 4 rings (SSSR count). The second kappa shape index (κ2) is 7.56. The number of aryl methyl sites for hydroxylation is 1. The average Bonchev–Trinajstić information content (AvgIpc) is 2.73. The lowest BCUT2D eigenvalue weighted by atomic mass is 10.1. The van der Waals surface area contributed by atoms with E-state index in [0.717, 1.165) is 11.3 Å². The van der Waals surface area contributed by atoms with Gasteiger partial charge in [-0.3, -0.25) is 9.36 Å². The lowest BCUT2D eigenvalue weighted by molar-refractivity contribution is 0.408. The van der Waals surface area contributed by atoms with Gasteiger partial charge in [-0.25, -0.2) is 4.98 Å². The van der Waals surface area contributed by atoms with E-state index in [4.69, 9.17) is 9.72 Å². The molecule has 0 bridgehead atoms. The zero-order valence-corrected chi connectivity index (χ0v) is 15.5. The largest absolute Gasteiger partial charge is 0.507 e. The van der Waals surface area contributed by atoms with Crippen molar-refractivity contribution < 1.29 is 9.84 Å². The van der Waals surface area contributed by atoms with Crippen LogP contribution in [0.15, 0.2) is 77.6 Å². The molecule has 0 saturated heterocycles. The molecule has 1 aromatic heterocycles. The number of aromatic nitrogens is 2. The number of rotatable bonds is 5. The van der Waals surface area contributed by atoms with Crippen LogP contribution in [0.1, 0.15) is 5.56 Å². The van der Waals surface area contributed by atoms with Gasteiger partial charge < -0.3 is 9.84 Å². The van der Waals surface area contributed by atoms with E-state index < -0.39 is 0 Å². The van der Waals surface area contributed by atoms with Gasteiger partial charge in [-0.05, 0) is 42.3 Å². The van der Waals surface area contributed by atoms with Gasteiger partial charge in [0, 0.05) is 6.54 Å². The Bertz CT molecular complexity index is 1200. The van der Waals surface area contributed by atoms with Crippen molar-refractivity contribution in [2.45, 2.75) is 13.0 Å². The minimum absolute atomic E-state index is 0.0933. The van der Waals surface area contributed by atoms with Gasteiger partial charge in [0.15, 0.2) is 0 Å². The number of methoxy groups -OCH3 is 1. The van der Waals surface area contributed by atoms with E-state index in [0.29, 0.717) is 35.3 Å². The maximum Gasteiger partial charge on any atom is 0.261 e. The summed E-state index contributed by atoms with van der Waals surface area (Å²) >= 11 is 0. The molecule has 5 nitrogen and oxygen atoms in total. The lowest BCUT2D eigenvalue weighted by Crippen LogP contribution is -2.24. The van der Waals surface area contributed by atoms with Gasteiger partial charge in [0.25, 0.3) is 5.56 Å². The molecule has 0 aliphatic rings. The van der Waals surface area contributed by atoms with Crippen LogP contribution in [0.25, 0.3) is 22.3 Å². The first kappa shape index (κ1) is 17.8. The number of para-hydroxylation sites is 3. The maximum absolute atomic E-state index is 13.2. The van der Waals surface area contributed by atoms with Gasteiger partial charge >= 0.3 is 0 Å². The second-order valence-electron chi connectivity index (χ2n) is 6.49. The van der Waals surface area contributed by atoms with E-state index in [1.807, 2.05) is 48.5 Å². The summed E-state index contributed by atoms with van der Waals surface area (Å²) in [5.74, 6) is 1.33. The summed E-state index contributed by atoms with van der Waals surface area (Å²) in [5, 5.41) is 10.9. The number of phenolic OH excluding ortho intramolecular Hbond substituents is 1. The van der Waals surface area contributed by atoms with Crippen molar-refractivity contribution in [3.63, 3.8) is 0 Å². The number of fused-ring (bicyclic) bond motifs is 1. The molecule has 0 fully saturated rings. The second-order valence-corrected chi connectivity index (χ2v) is 6.49. The molecule has 1 heterocycles. The first-order valence-corrected chi connectivity index (χ1v) is 9.09. The molecule has 5 heteroatoms. The van der Waals surface area contributed by atoms with Gasteiger partial charge in [-0.2, -0.15) is 0 Å². The van der Waals surface area contributed by atoms with Crippen molar-refractivity contribution in [2.75, 3.05) is 7.11 Å². The van der Waals surface area contributed by atoms with Crippen LogP contribution in [-0.4, -0.2) is 21.8 Å². The Morgan fingerprint density at radius 3 is 2.50 bits per heavy atom. The molecule has 0 saturated carbocycles. The number of aromatic hydroxyl groups is 1. The minimum atomic E-state index is -0.126. The van der Waals surface area contributed by atoms with Crippen LogP contribution in [0.3, 0.4) is 0 Å².